The third-order valence-electron chi connectivity index (χ3n) is 4.12. The fraction of sp³-hybridized carbons (Fsp3) is 0.562. The lowest BCUT2D eigenvalue weighted by molar-refractivity contribution is -0.148. The van der Waals surface area contributed by atoms with Crippen molar-refractivity contribution in [2.75, 3.05) is 26.9 Å². The Morgan fingerprint density at radius 1 is 1.29 bits per heavy atom. The lowest BCUT2D eigenvalue weighted by atomic mass is 10.1. The van der Waals surface area contributed by atoms with E-state index >= 15 is 0 Å². The highest BCUT2D eigenvalue weighted by Crippen LogP contribution is 2.28. The van der Waals surface area contributed by atoms with Crippen LogP contribution in [0.15, 0.2) is 23.1 Å². The summed E-state index contributed by atoms with van der Waals surface area (Å²) in [4.78, 5) is 12.3. The number of aliphatic hydroxyl groups is 1. The number of ether oxygens (including phenoxy) is 2. The van der Waals surface area contributed by atoms with Gasteiger partial charge in [0.05, 0.1) is 17.6 Å². The highest BCUT2D eigenvalue weighted by atomic mass is 32.2. The molecule has 0 amide bonds. The molecule has 1 heterocycles. The van der Waals surface area contributed by atoms with Gasteiger partial charge in [0.1, 0.15) is 12.6 Å². The number of hydrogen-bond acceptors (Lipinski definition) is 6. The first-order chi connectivity index (χ1) is 11.3. The number of hydrogen-bond donors (Lipinski definition) is 1. The molecule has 0 saturated carbocycles. The summed E-state index contributed by atoms with van der Waals surface area (Å²) >= 11 is 0. The van der Waals surface area contributed by atoms with Crippen LogP contribution in [0.2, 0.25) is 0 Å². The number of nitrogens with zero attached hydrogens (tertiary/aromatic N) is 1. The molecule has 0 aliphatic carbocycles. The van der Waals surface area contributed by atoms with Crippen molar-refractivity contribution >= 4 is 16.0 Å². The molecule has 0 bridgehead atoms. The Hall–Kier alpha value is -1.48. The van der Waals surface area contributed by atoms with Gasteiger partial charge in [0, 0.05) is 20.1 Å². The van der Waals surface area contributed by atoms with Gasteiger partial charge in [-0.15, -0.1) is 0 Å². The molecule has 0 spiro atoms. The molecule has 0 aromatic heterocycles. The van der Waals surface area contributed by atoms with E-state index in [9.17, 15) is 18.3 Å². The Balaban J connectivity index is 2.25. The van der Waals surface area contributed by atoms with Crippen LogP contribution in [-0.4, -0.2) is 62.8 Å². The number of carbonyl (C=O) groups excluding carboxylic acids is 1. The molecule has 0 unspecified atom stereocenters. The summed E-state index contributed by atoms with van der Waals surface area (Å²) in [5, 5.41) is 9.86. The third-order valence-corrected chi connectivity index (χ3v) is 5.99. The number of sulfonamides is 1. The smallest absolute Gasteiger partial charge is 0.324 e. The zero-order valence-corrected chi connectivity index (χ0v) is 14.9. The topological polar surface area (TPSA) is 93.1 Å². The van der Waals surface area contributed by atoms with Crippen LogP contribution in [0.3, 0.4) is 0 Å². The molecule has 7 nitrogen and oxygen atoms in total. The molecule has 1 aliphatic rings. The van der Waals surface area contributed by atoms with Crippen LogP contribution >= 0.6 is 0 Å². The molecular formula is C16H23NO6S. The summed E-state index contributed by atoms with van der Waals surface area (Å²) in [6.07, 6.45) is -0.873. The van der Waals surface area contributed by atoms with Crippen molar-refractivity contribution in [3.63, 3.8) is 0 Å². The van der Waals surface area contributed by atoms with Crippen molar-refractivity contribution in [1.82, 2.24) is 4.31 Å². The SMILES string of the molecule is COCCOC(=O)[C@@H]1C[C@H](O)CN1S(=O)(=O)c1ccc(C)c(C)c1. The van der Waals surface area contributed by atoms with Crippen LogP contribution in [0.1, 0.15) is 17.5 Å². The summed E-state index contributed by atoms with van der Waals surface area (Å²) in [7, 11) is -2.42. The second-order valence-corrected chi connectivity index (χ2v) is 7.78. The third kappa shape index (κ3) is 3.94. The van der Waals surface area contributed by atoms with Crippen LogP contribution in [0.25, 0.3) is 0 Å². The first-order valence-electron chi connectivity index (χ1n) is 7.70. The zero-order chi connectivity index (χ0) is 17.9. The minimum Gasteiger partial charge on any atom is -0.462 e. The zero-order valence-electron chi connectivity index (χ0n) is 14.1. The Labute approximate surface area is 142 Å². The minimum absolute atomic E-state index is 0.0237. The highest BCUT2D eigenvalue weighted by molar-refractivity contribution is 7.89. The second-order valence-electron chi connectivity index (χ2n) is 5.89. The number of rotatable bonds is 6. The number of methoxy groups -OCH3 is 1. The monoisotopic (exact) mass is 357 g/mol. The van der Waals surface area contributed by atoms with Crippen molar-refractivity contribution < 1.29 is 27.8 Å². The normalized spacial score (nSPS) is 21.8. The van der Waals surface area contributed by atoms with Crippen LogP contribution in [-0.2, 0) is 24.3 Å². The number of benzene rings is 1. The first-order valence-corrected chi connectivity index (χ1v) is 9.14. The molecule has 1 aliphatic heterocycles. The number of aryl methyl sites for hydroxylation is 2. The summed E-state index contributed by atoms with van der Waals surface area (Å²) in [6, 6.07) is 3.78. The maximum atomic E-state index is 12.9. The van der Waals surface area contributed by atoms with E-state index in [2.05, 4.69) is 0 Å². The van der Waals surface area contributed by atoms with Crippen molar-refractivity contribution in [1.29, 1.82) is 0 Å². The largest absolute Gasteiger partial charge is 0.462 e. The van der Waals surface area contributed by atoms with Gasteiger partial charge in [0.2, 0.25) is 10.0 Å². The molecule has 8 heteroatoms. The van der Waals surface area contributed by atoms with E-state index in [0.29, 0.717) is 0 Å². The standard InChI is InChI=1S/C16H23NO6S/c1-11-4-5-14(8-12(11)2)24(20,21)17-10-13(18)9-15(17)16(19)23-7-6-22-3/h4-5,8,13,15,18H,6-7,9-10H2,1-3H3/t13-,15-/m0/s1. The van der Waals surface area contributed by atoms with Crippen molar-refractivity contribution in [2.24, 2.45) is 0 Å². The maximum absolute atomic E-state index is 12.9. The van der Waals surface area contributed by atoms with E-state index in [1.807, 2.05) is 13.8 Å². The Morgan fingerprint density at radius 3 is 2.62 bits per heavy atom. The average Bonchev–Trinajstić information content (AvgIpc) is 2.93. The Morgan fingerprint density at radius 2 is 2.00 bits per heavy atom. The van der Waals surface area contributed by atoms with Crippen LogP contribution in [0, 0.1) is 13.8 Å². The van der Waals surface area contributed by atoms with Crippen molar-refractivity contribution in [3.05, 3.63) is 29.3 Å². The summed E-state index contributed by atoms with van der Waals surface area (Å²) in [5.74, 6) is -0.670. The number of esters is 1. The molecule has 1 fully saturated rings. The lowest BCUT2D eigenvalue weighted by Gasteiger charge is -2.22. The molecule has 1 aromatic carbocycles. The highest BCUT2D eigenvalue weighted by Gasteiger charge is 2.44. The fourth-order valence-corrected chi connectivity index (χ4v) is 4.31. The first kappa shape index (κ1) is 18.9. The van der Waals surface area contributed by atoms with E-state index in [-0.39, 0.29) is 31.1 Å². The summed E-state index contributed by atoms with van der Waals surface area (Å²) < 4.78 is 36.6. The van der Waals surface area contributed by atoms with Crippen LogP contribution in [0.5, 0.6) is 0 Å². The van der Waals surface area contributed by atoms with Gasteiger partial charge in [0.25, 0.3) is 0 Å². The molecule has 24 heavy (non-hydrogen) atoms. The molecule has 2 rings (SSSR count). The van der Waals surface area contributed by atoms with Crippen molar-refractivity contribution in [3.8, 4) is 0 Å². The maximum Gasteiger partial charge on any atom is 0.324 e. The van der Waals surface area contributed by atoms with E-state index in [1.54, 1.807) is 12.1 Å². The Bertz CT molecular complexity index is 703. The van der Waals surface area contributed by atoms with E-state index in [0.717, 1.165) is 15.4 Å². The van der Waals surface area contributed by atoms with Crippen LogP contribution < -0.4 is 0 Å². The van der Waals surface area contributed by atoms with Gasteiger partial charge < -0.3 is 14.6 Å². The van der Waals surface area contributed by atoms with E-state index in [1.165, 1.54) is 13.2 Å². The van der Waals surface area contributed by atoms with Gasteiger partial charge >= 0.3 is 5.97 Å². The predicted octanol–water partition coefficient (Wildman–Crippen LogP) is 0.617. The van der Waals surface area contributed by atoms with Gasteiger partial charge in [-0.05, 0) is 37.1 Å². The van der Waals surface area contributed by atoms with Gasteiger partial charge in [0.15, 0.2) is 0 Å². The van der Waals surface area contributed by atoms with Crippen molar-refractivity contribution in [2.45, 2.75) is 37.3 Å². The van der Waals surface area contributed by atoms with Gasteiger partial charge in [-0.3, -0.25) is 4.79 Å². The van der Waals surface area contributed by atoms with E-state index < -0.39 is 28.1 Å². The lowest BCUT2D eigenvalue weighted by Crippen LogP contribution is -2.41. The molecule has 1 N–H and O–H groups in total. The van der Waals surface area contributed by atoms with Crippen LogP contribution in [0.4, 0.5) is 0 Å². The van der Waals surface area contributed by atoms with Gasteiger partial charge in [-0.2, -0.15) is 4.31 Å². The summed E-state index contributed by atoms with van der Waals surface area (Å²) in [5.41, 5.74) is 1.82. The average molecular weight is 357 g/mol. The minimum atomic E-state index is -3.89. The number of β-amino-alcohol motifs (C(OH)–C–C–N with tert-alkyl or cyclic N) is 1. The Kier molecular flexibility index (Phi) is 5.97. The second kappa shape index (κ2) is 7.60. The molecule has 0 radical (unpaired) electrons. The molecule has 134 valence electrons. The molecule has 1 saturated heterocycles. The fourth-order valence-electron chi connectivity index (χ4n) is 2.60. The quantitative estimate of drug-likeness (QED) is 0.592. The van der Waals surface area contributed by atoms with E-state index in [4.69, 9.17) is 9.47 Å². The van der Waals surface area contributed by atoms with Gasteiger partial charge in [-0.25, -0.2) is 8.42 Å². The molecule has 2 atom stereocenters. The van der Waals surface area contributed by atoms with Gasteiger partial charge in [-0.1, -0.05) is 6.07 Å². The summed E-state index contributed by atoms with van der Waals surface area (Å²) in [6.45, 7) is 3.86. The number of aliphatic hydroxyl groups excluding tert-OH is 1. The number of carbonyl (C=O) groups is 1. The molecule has 1 aromatic rings. The molecular weight excluding hydrogens is 334 g/mol. The predicted molar refractivity (Wildman–Crippen MR) is 87.1 cm³/mol.